The van der Waals surface area contributed by atoms with Crippen LogP contribution in [0.15, 0.2) is 0 Å². The van der Waals surface area contributed by atoms with Crippen LogP contribution in [0.25, 0.3) is 0 Å². The largest absolute Gasteiger partial charge is 0.465 e. The lowest BCUT2D eigenvalue weighted by molar-refractivity contribution is -0.144. The van der Waals surface area contributed by atoms with Gasteiger partial charge in [0.2, 0.25) is 0 Å². The van der Waals surface area contributed by atoms with Crippen molar-refractivity contribution >= 4 is 5.97 Å². The molecule has 0 atom stereocenters. The molecule has 0 radical (unpaired) electrons. The molecule has 1 aromatic rings. The fourth-order valence-electron chi connectivity index (χ4n) is 1.64. The number of rotatable bonds is 6. The molecule has 1 aromatic heterocycles. The predicted octanol–water partition coefficient (Wildman–Crippen LogP) is 0.00290. The van der Waals surface area contributed by atoms with E-state index in [1.807, 2.05) is 16.6 Å². The molecule has 2 rings (SSSR count). The second kappa shape index (κ2) is 5.22. The maximum atomic E-state index is 11.3. The lowest BCUT2D eigenvalue weighted by atomic mass is 10.4. The molecule has 0 unspecified atom stereocenters. The van der Waals surface area contributed by atoms with Crippen LogP contribution in [0, 0.1) is 0 Å². The minimum Gasteiger partial charge on any atom is -0.465 e. The molecular weight excluding hydrogens is 222 g/mol. The first-order chi connectivity index (χ1) is 8.20. The number of nitrogens with zero attached hydrogens (tertiary/aromatic N) is 5. The number of esters is 1. The normalized spacial score (nSPS) is 15.2. The van der Waals surface area contributed by atoms with Gasteiger partial charge in [0.05, 0.1) is 25.7 Å². The lowest BCUT2D eigenvalue weighted by Crippen LogP contribution is -2.28. The summed E-state index contributed by atoms with van der Waals surface area (Å²) in [5.74, 6) is 0.583. The monoisotopic (exact) mass is 239 g/mol. The third kappa shape index (κ3) is 3.23. The number of aromatic nitrogens is 4. The first-order valence-electron chi connectivity index (χ1n) is 5.81. The van der Waals surface area contributed by atoms with Gasteiger partial charge in [-0.1, -0.05) is 0 Å². The minimum absolute atomic E-state index is 0.222. The van der Waals surface area contributed by atoms with Gasteiger partial charge in [0.1, 0.15) is 0 Å². The topological polar surface area (TPSA) is 73.1 Å². The van der Waals surface area contributed by atoms with Crippen LogP contribution in [0.5, 0.6) is 0 Å². The van der Waals surface area contributed by atoms with E-state index in [-0.39, 0.29) is 12.5 Å². The van der Waals surface area contributed by atoms with Crippen molar-refractivity contribution in [3.05, 3.63) is 5.82 Å². The summed E-state index contributed by atoms with van der Waals surface area (Å²) in [7, 11) is 1.85. The third-order valence-corrected chi connectivity index (χ3v) is 2.57. The average Bonchev–Trinajstić information content (AvgIpc) is 3.00. The van der Waals surface area contributed by atoms with Gasteiger partial charge in [-0.05, 0) is 37.2 Å². The van der Waals surface area contributed by atoms with E-state index in [0.717, 1.165) is 18.7 Å². The summed E-state index contributed by atoms with van der Waals surface area (Å²) in [6.07, 6.45) is 2.28. The van der Waals surface area contributed by atoms with Gasteiger partial charge in [0.25, 0.3) is 0 Å². The van der Waals surface area contributed by atoms with Crippen LogP contribution >= 0.6 is 0 Å². The Morgan fingerprint density at radius 1 is 1.59 bits per heavy atom. The van der Waals surface area contributed by atoms with Crippen molar-refractivity contribution in [3.8, 4) is 0 Å². The second-order valence-electron chi connectivity index (χ2n) is 4.25. The number of carbonyl (C=O) groups is 1. The van der Waals surface area contributed by atoms with E-state index < -0.39 is 0 Å². The number of hydrogen-bond donors (Lipinski definition) is 0. The van der Waals surface area contributed by atoms with Crippen LogP contribution in [-0.2, 0) is 16.1 Å². The molecule has 1 saturated carbocycles. The summed E-state index contributed by atoms with van der Waals surface area (Å²) in [5, 5.41) is 11.6. The molecule has 1 aliphatic carbocycles. The van der Waals surface area contributed by atoms with Gasteiger partial charge in [0.15, 0.2) is 5.82 Å². The highest BCUT2D eigenvalue weighted by Crippen LogP contribution is 2.34. The van der Waals surface area contributed by atoms with Crippen LogP contribution in [0.3, 0.4) is 0 Å². The average molecular weight is 239 g/mol. The first-order valence-corrected chi connectivity index (χ1v) is 5.81. The van der Waals surface area contributed by atoms with Crippen molar-refractivity contribution < 1.29 is 9.53 Å². The Bertz CT molecular complexity index is 388. The van der Waals surface area contributed by atoms with E-state index in [2.05, 4.69) is 15.5 Å². The molecule has 0 saturated heterocycles. The van der Waals surface area contributed by atoms with Crippen molar-refractivity contribution in [3.63, 3.8) is 0 Å². The van der Waals surface area contributed by atoms with Crippen molar-refractivity contribution in [2.45, 2.75) is 32.4 Å². The summed E-state index contributed by atoms with van der Waals surface area (Å²) in [6.45, 7) is 3.02. The number of hydrogen-bond acceptors (Lipinski definition) is 6. The standard InChI is InChI=1S/C10H17N5O2/c1-3-17-10(16)7-14(2)6-9-11-12-13-15(9)8-4-5-8/h8H,3-7H2,1-2H3. The fraction of sp³-hybridized carbons (Fsp3) is 0.800. The Morgan fingerprint density at radius 2 is 2.35 bits per heavy atom. The highest BCUT2D eigenvalue weighted by molar-refractivity contribution is 5.71. The molecule has 1 fully saturated rings. The van der Waals surface area contributed by atoms with Gasteiger partial charge in [-0.3, -0.25) is 9.69 Å². The lowest BCUT2D eigenvalue weighted by Gasteiger charge is -2.14. The summed E-state index contributed by atoms with van der Waals surface area (Å²) in [4.78, 5) is 13.1. The van der Waals surface area contributed by atoms with E-state index in [9.17, 15) is 4.79 Å². The number of likely N-dealkylation sites (N-methyl/N-ethyl adjacent to an activating group) is 1. The smallest absolute Gasteiger partial charge is 0.320 e. The SMILES string of the molecule is CCOC(=O)CN(C)Cc1nnnn1C1CC1. The molecule has 0 aliphatic heterocycles. The fourth-order valence-corrected chi connectivity index (χ4v) is 1.64. The zero-order valence-corrected chi connectivity index (χ0v) is 10.2. The Kier molecular flexibility index (Phi) is 3.68. The van der Waals surface area contributed by atoms with E-state index in [1.165, 1.54) is 0 Å². The van der Waals surface area contributed by atoms with E-state index in [1.54, 1.807) is 6.92 Å². The molecule has 0 bridgehead atoms. The number of tetrazole rings is 1. The van der Waals surface area contributed by atoms with E-state index >= 15 is 0 Å². The van der Waals surface area contributed by atoms with Crippen LogP contribution in [0.4, 0.5) is 0 Å². The van der Waals surface area contributed by atoms with Crippen molar-refractivity contribution in [1.82, 2.24) is 25.1 Å². The van der Waals surface area contributed by atoms with Gasteiger partial charge in [-0.2, -0.15) is 0 Å². The molecule has 0 N–H and O–H groups in total. The third-order valence-electron chi connectivity index (χ3n) is 2.57. The summed E-state index contributed by atoms with van der Waals surface area (Å²) in [5.41, 5.74) is 0. The van der Waals surface area contributed by atoms with Gasteiger partial charge in [0, 0.05) is 0 Å². The molecule has 94 valence electrons. The van der Waals surface area contributed by atoms with Crippen molar-refractivity contribution in [1.29, 1.82) is 0 Å². The highest BCUT2D eigenvalue weighted by atomic mass is 16.5. The van der Waals surface area contributed by atoms with Crippen LogP contribution in [0.2, 0.25) is 0 Å². The van der Waals surface area contributed by atoms with Crippen molar-refractivity contribution in [2.75, 3.05) is 20.2 Å². The molecule has 0 spiro atoms. The molecular formula is C10H17N5O2. The highest BCUT2D eigenvalue weighted by Gasteiger charge is 2.28. The van der Waals surface area contributed by atoms with E-state index in [4.69, 9.17) is 4.74 Å². The summed E-state index contributed by atoms with van der Waals surface area (Å²) >= 11 is 0. The summed E-state index contributed by atoms with van der Waals surface area (Å²) in [6, 6.07) is 0.455. The molecule has 7 heteroatoms. The van der Waals surface area contributed by atoms with Gasteiger partial charge >= 0.3 is 5.97 Å². The van der Waals surface area contributed by atoms with E-state index in [0.29, 0.717) is 19.2 Å². The maximum Gasteiger partial charge on any atom is 0.320 e. The predicted molar refractivity (Wildman–Crippen MR) is 59.1 cm³/mol. The maximum absolute atomic E-state index is 11.3. The molecule has 0 amide bonds. The van der Waals surface area contributed by atoms with Gasteiger partial charge in [-0.25, -0.2) is 4.68 Å². The number of carbonyl (C=O) groups excluding carboxylic acids is 1. The zero-order chi connectivity index (χ0) is 12.3. The van der Waals surface area contributed by atoms with Crippen LogP contribution in [-0.4, -0.2) is 51.3 Å². The Labute approximate surface area is 99.7 Å². The molecule has 17 heavy (non-hydrogen) atoms. The van der Waals surface area contributed by atoms with Crippen LogP contribution in [0.1, 0.15) is 31.6 Å². The van der Waals surface area contributed by atoms with Gasteiger partial charge in [-0.15, -0.1) is 5.10 Å². The first kappa shape index (κ1) is 12.0. The summed E-state index contributed by atoms with van der Waals surface area (Å²) < 4.78 is 6.73. The molecule has 7 nitrogen and oxygen atoms in total. The molecule has 1 heterocycles. The Morgan fingerprint density at radius 3 is 3.00 bits per heavy atom. The number of ether oxygens (including phenoxy) is 1. The minimum atomic E-state index is -0.222. The zero-order valence-electron chi connectivity index (χ0n) is 10.2. The molecule has 0 aromatic carbocycles. The van der Waals surface area contributed by atoms with Gasteiger partial charge < -0.3 is 4.74 Å². The van der Waals surface area contributed by atoms with Crippen molar-refractivity contribution in [2.24, 2.45) is 0 Å². The van der Waals surface area contributed by atoms with Crippen LogP contribution < -0.4 is 0 Å². The second-order valence-corrected chi connectivity index (χ2v) is 4.25. The Balaban J connectivity index is 1.86. The molecule has 1 aliphatic rings. The Hall–Kier alpha value is -1.50. The quantitative estimate of drug-likeness (QED) is 0.651.